The molecule has 116 valence electrons. The van der Waals surface area contributed by atoms with Crippen LogP contribution in [-0.4, -0.2) is 25.3 Å². The maximum Gasteiger partial charge on any atom is 0.109 e. The van der Waals surface area contributed by atoms with Crippen molar-refractivity contribution in [3.8, 4) is 6.07 Å². The molecule has 3 heteroatoms. The van der Waals surface area contributed by atoms with E-state index in [4.69, 9.17) is 4.74 Å². The number of ether oxygens (including phenoxy) is 1. The lowest BCUT2D eigenvalue weighted by Crippen LogP contribution is -2.47. The van der Waals surface area contributed by atoms with E-state index in [1.165, 1.54) is 38.5 Å². The summed E-state index contributed by atoms with van der Waals surface area (Å²) in [6, 6.07) is 2.56. The molecule has 0 radical (unpaired) electrons. The zero-order valence-corrected chi connectivity index (χ0v) is 13.4. The van der Waals surface area contributed by atoms with E-state index in [0.717, 1.165) is 39.0 Å². The summed E-state index contributed by atoms with van der Waals surface area (Å²) in [5.41, 5.74) is -0.276. The van der Waals surface area contributed by atoms with Gasteiger partial charge < -0.3 is 4.74 Å². The van der Waals surface area contributed by atoms with Gasteiger partial charge in [-0.25, -0.2) is 0 Å². The molecule has 20 heavy (non-hydrogen) atoms. The second-order valence-electron chi connectivity index (χ2n) is 6.06. The van der Waals surface area contributed by atoms with Crippen LogP contribution in [0.3, 0.4) is 0 Å². The van der Waals surface area contributed by atoms with E-state index in [0.29, 0.717) is 5.92 Å². The molecule has 1 N–H and O–H groups in total. The summed E-state index contributed by atoms with van der Waals surface area (Å²) < 4.78 is 5.75. The molecule has 0 aromatic rings. The standard InChI is InChI=1S/C17H32N2O/c1-3-5-6-7-13-20-14-10-16-9-8-11-17(16,15-18)19-12-4-2/h16,19H,3-14H2,1-2H3. The van der Waals surface area contributed by atoms with Gasteiger partial charge in [0.25, 0.3) is 0 Å². The molecule has 2 unspecified atom stereocenters. The fourth-order valence-corrected chi connectivity index (χ4v) is 3.19. The average Bonchev–Trinajstić information content (AvgIpc) is 2.87. The van der Waals surface area contributed by atoms with Crippen molar-refractivity contribution in [1.29, 1.82) is 5.26 Å². The van der Waals surface area contributed by atoms with Crippen LogP contribution in [0.1, 0.15) is 71.6 Å². The maximum absolute atomic E-state index is 9.56. The first-order valence-electron chi connectivity index (χ1n) is 8.53. The SMILES string of the molecule is CCCCCCOCCC1CCCC1(C#N)NCCC. The highest BCUT2D eigenvalue weighted by Gasteiger charge is 2.42. The molecular weight excluding hydrogens is 248 g/mol. The molecule has 3 nitrogen and oxygen atoms in total. The fourth-order valence-electron chi connectivity index (χ4n) is 3.19. The largest absolute Gasteiger partial charge is 0.381 e. The molecule has 2 atom stereocenters. The molecule has 0 amide bonds. The van der Waals surface area contributed by atoms with Crippen molar-refractivity contribution in [2.75, 3.05) is 19.8 Å². The summed E-state index contributed by atoms with van der Waals surface area (Å²) in [5.74, 6) is 0.467. The Bertz CT molecular complexity index is 287. The van der Waals surface area contributed by atoms with Crippen molar-refractivity contribution in [2.45, 2.75) is 77.2 Å². The number of nitrogens with one attached hydrogen (secondary N) is 1. The number of hydrogen-bond acceptors (Lipinski definition) is 3. The minimum absolute atomic E-state index is 0.276. The van der Waals surface area contributed by atoms with Gasteiger partial charge in [0.2, 0.25) is 0 Å². The van der Waals surface area contributed by atoms with Gasteiger partial charge in [0.15, 0.2) is 0 Å². The molecule has 1 aliphatic rings. The molecule has 1 fully saturated rings. The van der Waals surface area contributed by atoms with E-state index in [1.54, 1.807) is 0 Å². The van der Waals surface area contributed by atoms with Gasteiger partial charge >= 0.3 is 0 Å². The van der Waals surface area contributed by atoms with Gasteiger partial charge in [-0.1, -0.05) is 39.5 Å². The van der Waals surface area contributed by atoms with Crippen molar-refractivity contribution < 1.29 is 4.74 Å². The maximum atomic E-state index is 9.56. The van der Waals surface area contributed by atoms with Gasteiger partial charge in [-0.05, 0) is 44.6 Å². The highest BCUT2D eigenvalue weighted by atomic mass is 16.5. The van der Waals surface area contributed by atoms with Crippen LogP contribution in [0.25, 0.3) is 0 Å². The Morgan fingerprint density at radius 1 is 1.20 bits per heavy atom. The number of unbranched alkanes of at least 4 members (excludes halogenated alkanes) is 3. The van der Waals surface area contributed by atoms with Gasteiger partial charge in [0, 0.05) is 13.2 Å². The zero-order chi connectivity index (χ0) is 14.7. The van der Waals surface area contributed by atoms with Crippen LogP contribution in [0.4, 0.5) is 0 Å². The highest BCUT2D eigenvalue weighted by molar-refractivity contribution is 5.13. The Kier molecular flexibility index (Phi) is 8.89. The first-order valence-corrected chi connectivity index (χ1v) is 8.53. The molecule has 1 aliphatic carbocycles. The van der Waals surface area contributed by atoms with Crippen LogP contribution in [0.5, 0.6) is 0 Å². The average molecular weight is 280 g/mol. The molecule has 0 bridgehead atoms. The lowest BCUT2D eigenvalue weighted by molar-refractivity contribution is 0.108. The molecule has 0 heterocycles. The Labute approximate surface area is 125 Å². The monoisotopic (exact) mass is 280 g/mol. The van der Waals surface area contributed by atoms with Gasteiger partial charge in [0.1, 0.15) is 5.54 Å². The summed E-state index contributed by atoms with van der Waals surface area (Å²) in [6.07, 6.45) is 10.5. The molecule has 1 saturated carbocycles. The van der Waals surface area contributed by atoms with E-state index in [9.17, 15) is 5.26 Å². The predicted octanol–water partition coefficient (Wildman–Crippen LogP) is 4.04. The van der Waals surface area contributed by atoms with Gasteiger partial charge in [0.05, 0.1) is 6.07 Å². The Hall–Kier alpha value is -0.590. The van der Waals surface area contributed by atoms with Gasteiger partial charge in [-0.15, -0.1) is 0 Å². The summed E-state index contributed by atoms with van der Waals surface area (Å²) in [4.78, 5) is 0. The third-order valence-corrected chi connectivity index (χ3v) is 4.46. The second kappa shape index (κ2) is 10.2. The number of rotatable bonds is 11. The lowest BCUT2D eigenvalue weighted by atomic mass is 9.86. The lowest BCUT2D eigenvalue weighted by Gasteiger charge is -2.30. The van der Waals surface area contributed by atoms with Crippen LogP contribution in [0, 0.1) is 17.2 Å². The van der Waals surface area contributed by atoms with Gasteiger partial charge in [-0.2, -0.15) is 5.26 Å². The minimum Gasteiger partial charge on any atom is -0.381 e. The van der Waals surface area contributed by atoms with Crippen molar-refractivity contribution in [3.63, 3.8) is 0 Å². The van der Waals surface area contributed by atoms with E-state index in [-0.39, 0.29) is 5.54 Å². The quantitative estimate of drug-likeness (QED) is 0.581. The van der Waals surface area contributed by atoms with Crippen LogP contribution >= 0.6 is 0 Å². The first-order chi connectivity index (χ1) is 9.79. The molecule has 0 spiro atoms. The van der Waals surface area contributed by atoms with E-state index in [2.05, 4.69) is 25.2 Å². The smallest absolute Gasteiger partial charge is 0.109 e. The highest BCUT2D eigenvalue weighted by Crippen LogP contribution is 2.37. The normalized spacial score (nSPS) is 25.8. The fraction of sp³-hybridized carbons (Fsp3) is 0.941. The third-order valence-electron chi connectivity index (χ3n) is 4.46. The van der Waals surface area contributed by atoms with E-state index < -0.39 is 0 Å². The summed E-state index contributed by atoms with van der Waals surface area (Å²) >= 11 is 0. The molecular formula is C17H32N2O. The van der Waals surface area contributed by atoms with Crippen LogP contribution < -0.4 is 5.32 Å². The van der Waals surface area contributed by atoms with Crippen molar-refractivity contribution >= 4 is 0 Å². The number of nitriles is 1. The molecule has 0 saturated heterocycles. The van der Waals surface area contributed by atoms with Crippen molar-refractivity contribution in [3.05, 3.63) is 0 Å². The minimum atomic E-state index is -0.276. The number of nitrogens with zero attached hydrogens (tertiary/aromatic N) is 1. The molecule has 0 aromatic heterocycles. The van der Waals surface area contributed by atoms with E-state index in [1.807, 2.05) is 0 Å². The second-order valence-corrected chi connectivity index (χ2v) is 6.06. The Morgan fingerprint density at radius 3 is 2.75 bits per heavy atom. The molecule has 0 aromatic carbocycles. The molecule has 1 rings (SSSR count). The summed E-state index contributed by atoms with van der Waals surface area (Å²) in [6.45, 7) is 7.03. The summed E-state index contributed by atoms with van der Waals surface area (Å²) in [5, 5.41) is 13.1. The van der Waals surface area contributed by atoms with Crippen molar-refractivity contribution in [1.82, 2.24) is 5.32 Å². The molecule has 0 aliphatic heterocycles. The Morgan fingerprint density at radius 2 is 2.05 bits per heavy atom. The predicted molar refractivity (Wildman–Crippen MR) is 83.6 cm³/mol. The number of hydrogen-bond donors (Lipinski definition) is 1. The third kappa shape index (κ3) is 5.42. The zero-order valence-electron chi connectivity index (χ0n) is 13.4. The first kappa shape index (κ1) is 17.5. The Balaban J connectivity index is 2.22. The van der Waals surface area contributed by atoms with Crippen LogP contribution in [0.2, 0.25) is 0 Å². The van der Waals surface area contributed by atoms with Crippen LogP contribution in [0.15, 0.2) is 0 Å². The van der Waals surface area contributed by atoms with Gasteiger partial charge in [-0.3, -0.25) is 5.32 Å². The summed E-state index contributed by atoms with van der Waals surface area (Å²) in [7, 11) is 0. The van der Waals surface area contributed by atoms with Crippen molar-refractivity contribution in [2.24, 2.45) is 5.92 Å². The van der Waals surface area contributed by atoms with Crippen LogP contribution in [-0.2, 0) is 4.74 Å². The topological polar surface area (TPSA) is 45.0 Å². The van der Waals surface area contributed by atoms with E-state index >= 15 is 0 Å².